The molecular weight excluding hydrogens is 623 g/mol. The number of morpholine rings is 1. The number of alkyl carbamates (subject to hydrolysis) is 1. The van der Waals surface area contributed by atoms with Crippen LogP contribution in [0.5, 0.6) is 0 Å². The Morgan fingerprint density at radius 3 is 2.21 bits per heavy atom. The maximum Gasteiger partial charge on any atom is 0.407 e. The van der Waals surface area contributed by atoms with Crippen LogP contribution in [-0.2, 0) is 27.1 Å². The first-order valence-electron chi connectivity index (χ1n) is 15.8. The second kappa shape index (κ2) is 16.9. The van der Waals surface area contributed by atoms with E-state index in [1.54, 1.807) is 0 Å². The lowest BCUT2D eigenvalue weighted by Crippen LogP contribution is -2.47. The Hall–Kier alpha value is -4.78. The number of rotatable bonds is 13. The summed E-state index contributed by atoms with van der Waals surface area (Å²) in [4.78, 5) is 29.6. The summed E-state index contributed by atoms with van der Waals surface area (Å²) in [5.74, 6) is -2.90. The van der Waals surface area contributed by atoms with Crippen molar-refractivity contribution < 1.29 is 32.2 Å². The summed E-state index contributed by atoms with van der Waals surface area (Å²) in [6, 6.07) is 19.7. The molecule has 5 N–H and O–H groups in total. The van der Waals surface area contributed by atoms with Crippen LogP contribution in [0.4, 0.5) is 23.7 Å². The SMILES string of the molecule is N[C@H](C(=O)Nc1cncc(F)c1CC[C@@H]1CNC[C@@H](COC(=O)NCCc2ccccc2)O1)C(c1ccc(F)cc1)c1ccc(F)cc1. The van der Waals surface area contributed by atoms with E-state index in [1.165, 1.54) is 54.7 Å². The molecule has 12 heteroatoms. The molecule has 1 aliphatic heterocycles. The zero-order chi connectivity index (χ0) is 33.9. The molecule has 1 saturated heterocycles. The Morgan fingerprint density at radius 1 is 0.896 bits per heavy atom. The number of carbonyl (C=O) groups excluding carboxylic acids is 2. The Bertz CT molecular complexity index is 1600. The molecule has 1 aliphatic rings. The number of nitrogens with two attached hydrogens (primary N) is 1. The number of hydrogen-bond acceptors (Lipinski definition) is 7. The molecule has 2 heterocycles. The third-order valence-corrected chi connectivity index (χ3v) is 8.15. The van der Waals surface area contributed by atoms with E-state index in [4.69, 9.17) is 15.2 Å². The molecule has 1 fully saturated rings. The molecule has 1 aromatic heterocycles. The van der Waals surface area contributed by atoms with Gasteiger partial charge in [0.2, 0.25) is 5.91 Å². The van der Waals surface area contributed by atoms with Gasteiger partial charge in [0.1, 0.15) is 30.2 Å². The summed E-state index contributed by atoms with van der Waals surface area (Å²) in [5.41, 5.74) is 9.05. The lowest BCUT2D eigenvalue weighted by atomic mass is 9.85. The van der Waals surface area contributed by atoms with Crippen molar-refractivity contribution in [1.29, 1.82) is 0 Å². The summed E-state index contributed by atoms with van der Waals surface area (Å²) in [6.07, 6.45) is 2.47. The zero-order valence-corrected chi connectivity index (χ0v) is 26.2. The van der Waals surface area contributed by atoms with Gasteiger partial charge in [-0.05, 0) is 60.2 Å². The molecular formula is C36H38F3N5O4. The minimum Gasteiger partial charge on any atom is -0.447 e. The fraction of sp³-hybridized carbons (Fsp3) is 0.306. The van der Waals surface area contributed by atoms with E-state index >= 15 is 4.39 Å². The van der Waals surface area contributed by atoms with Gasteiger partial charge in [-0.15, -0.1) is 0 Å². The monoisotopic (exact) mass is 661 g/mol. The number of pyridine rings is 1. The van der Waals surface area contributed by atoms with Crippen molar-refractivity contribution in [2.45, 2.75) is 43.4 Å². The summed E-state index contributed by atoms with van der Waals surface area (Å²) in [6.45, 7) is 1.48. The smallest absolute Gasteiger partial charge is 0.407 e. The minimum atomic E-state index is -1.20. The van der Waals surface area contributed by atoms with Gasteiger partial charge in [0.15, 0.2) is 0 Å². The van der Waals surface area contributed by atoms with E-state index in [0.717, 1.165) is 11.8 Å². The molecule has 3 aromatic carbocycles. The number of nitrogens with one attached hydrogen (secondary N) is 3. The molecule has 0 bridgehead atoms. The second-order valence-electron chi connectivity index (χ2n) is 11.6. The van der Waals surface area contributed by atoms with Gasteiger partial charge in [0.05, 0.1) is 30.2 Å². The molecule has 2 amide bonds. The molecule has 0 radical (unpaired) electrons. The summed E-state index contributed by atoms with van der Waals surface area (Å²) in [7, 11) is 0. The van der Waals surface area contributed by atoms with Crippen molar-refractivity contribution in [3.63, 3.8) is 0 Å². The fourth-order valence-electron chi connectivity index (χ4n) is 5.66. The molecule has 0 saturated carbocycles. The third kappa shape index (κ3) is 9.63. The Balaban J connectivity index is 1.16. The van der Waals surface area contributed by atoms with Crippen molar-refractivity contribution in [1.82, 2.24) is 15.6 Å². The molecule has 4 aromatic rings. The van der Waals surface area contributed by atoms with Crippen LogP contribution in [0.15, 0.2) is 91.3 Å². The Kier molecular flexibility index (Phi) is 12.1. The zero-order valence-electron chi connectivity index (χ0n) is 26.2. The molecule has 0 spiro atoms. The van der Waals surface area contributed by atoms with Crippen LogP contribution in [0.2, 0.25) is 0 Å². The van der Waals surface area contributed by atoms with Crippen molar-refractivity contribution in [2.24, 2.45) is 5.73 Å². The van der Waals surface area contributed by atoms with E-state index in [9.17, 15) is 18.4 Å². The highest BCUT2D eigenvalue weighted by atomic mass is 19.1. The van der Waals surface area contributed by atoms with E-state index in [0.29, 0.717) is 43.6 Å². The van der Waals surface area contributed by atoms with Gasteiger partial charge < -0.3 is 31.2 Å². The quantitative estimate of drug-likeness (QED) is 0.161. The number of halogens is 3. The summed E-state index contributed by atoms with van der Waals surface area (Å²) in [5, 5.41) is 8.71. The molecule has 0 aliphatic carbocycles. The van der Waals surface area contributed by atoms with Crippen LogP contribution in [0, 0.1) is 17.5 Å². The van der Waals surface area contributed by atoms with Crippen LogP contribution in [-0.4, -0.2) is 61.5 Å². The lowest BCUT2D eigenvalue weighted by molar-refractivity contribution is -0.117. The number of amides is 2. The third-order valence-electron chi connectivity index (χ3n) is 8.15. The topological polar surface area (TPSA) is 128 Å². The molecule has 5 rings (SSSR count). The highest BCUT2D eigenvalue weighted by molar-refractivity contribution is 5.96. The van der Waals surface area contributed by atoms with Crippen molar-refractivity contribution >= 4 is 17.7 Å². The average Bonchev–Trinajstić information content (AvgIpc) is 3.09. The molecule has 0 unspecified atom stereocenters. The van der Waals surface area contributed by atoms with Crippen LogP contribution >= 0.6 is 0 Å². The van der Waals surface area contributed by atoms with E-state index < -0.39 is 47.5 Å². The minimum absolute atomic E-state index is 0.0484. The van der Waals surface area contributed by atoms with E-state index in [2.05, 4.69) is 20.9 Å². The average molecular weight is 662 g/mol. The highest BCUT2D eigenvalue weighted by Gasteiger charge is 2.29. The maximum absolute atomic E-state index is 15.1. The van der Waals surface area contributed by atoms with Crippen LogP contribution < -0.4 is 21.7 Å². The predicted molar refractivity (Wildman–Crippen MR) is 175 cm³/mol. The Morgan fingerprint density at radius 2 is 1.54 bits per heavy atom. The highest BCUT2D eigenvalue weighted by Crippen LogP contribution is 2.29. The van der Waals surface area contributed by atoms with Gasteiger partial charge in [-0.25, -0.2) is 18.0 Å². The summed E-state index contributed by atoms with van der Waals surface area (Å²) < 4.78 is 53.9. The number of nitrogens with zero attached hydrogens (tertiary/aromatic N) is 1. The molecule has 252 valence electrons. The van der Waals surface area contributed by atoms with Crippen molar-refractivity contribution in [3.8, 4) is 0 Å². The first-order chi connectivity index (χ1) is 23.3. The summed E-state index contributed by atoms with van der Waals surface area (Å²) >= 11 is 0. The van der Waals surface area contributed by atoms with Crippen molar-refractivity contribution in [3.05, 3.63) is 131 Å². The van der Waals surface area contributed by atoms with Gasteiger partial charge in [0.25, 0.3) is 0 Å². The van der Waals surface area contributed by atoms with E-state index in [1.807, 2.05) is 30.3 Å². The molecule has 3 atom stereocenters. The number of aromatic nitrogens is 1. The van der Waals surface area contributed by atoms with Crippen LogP contribution in [0.1, 0.15) is 34.6 Å². The van der Waals surface area contributed by atoms with Crippen LogP contribution in [0.3, 0.4) is 0 Å². The van der Waals surface area contributed by atoms with Crippen molar-refractivity contribution in [2.75, 3.05) is 31.6 Å². The normalized spacial score (nSPS) is 16.7. The standard InChI is InChI=1S/C36H38F3N5O4/c37-26-10-6-24(7-11-26)33(25-8-12-27(38)13-9-25)34(40)35(45)44-32-21-42-20-31(39)30(32)15-14-28-18-41-19-29(48-28)22-47-36(46)43-17-16-23-4-2-1-3-5-23/h1-13,20-21,28-29,33-34,41H,14-19,22,40H2,(H,43,46)(H,44,45)/t28-,29+,34+/m1/s1. The van der Waals surface area contributed by atoms with E-state index in [-0.39, 0.29) is 30.4 Å². The predicted octanol–water partition coefficient (Wildman–Crippen LogP) is 4.86. The number of hydrogen-bond donors (Lipinski definition) is 4. The molecule has 48 heavy (non-hydrogen) atoms. The molecule has 9 nitrogen and oxygen atoms in total. The largest absolute Gasteiger partial charge is 0.447 e. The Labute approximate surface area is 277 Å². The number of ether oxygens (including phenoxy) is 2. The van der Waals surface area contributed by atoms with Gasteiger partial charge in [-0.2, -0.15) is 0 Å². The fourth-order valence-corrected chi connectivity index (χ4v) is 5.66. The maximum atomic E-state index is 15.1. The number of benzene rings is 3. The van der Waals surface area contributed by atoms with Gasteiger partial charge >= 0.3 is 6.09 Å². The number of anilines is 1. The first-order valence-corrected chi connectivity index (χ1v) is 15.8. The second-order valence-corrected chi connectivity index (χ2v) is 11.6. The first kappa shape index (κ1) is 34.6. The van der Waals surface area contributed by atoms with Gasteiger partial charge in [-0.1, -0.05) is 54.6 Å². The van der Waals surface area contributed by atoms with Crippen LogP contribution in [0.25, 0.3) is 0 Å². The van der Waals surface area contributed by atoms with Gasteiger partial charge in [-0.3, -0.25) is 9.78 Å². The lowest BCUT2D eigenvalue weighted by Gasteiger charge is -2.31. The van der Waals surface area contributed by atoms with Gasteiger partial charge in [0, 0.05) is 31.1 Å². The number of carbonyl (C=O) groups is 2.